The van der Waals surface area contributed by atoms with Crippen LogP contribution in [0.4, 0.5) is 13.2 Å². The maximum atomic E-state index is 13.2. The first-order valence-electron chi connectivity index (χ1n) is 5.40. The third-order valence-corrected chi connectivity index (χ3v) is 3.29. The molecule has 0 radical (unpaired) electrons. The van der Waals surface area contributed by atoms with Gasteiger partial charge >= 0.3 is 0 Å². The number of nitrogens with zero attached hydrogens (tertiary/aromatic N) is 1. The summed E-state index contributed by atoms with van der Waals surface area (Å²) in [6, 6.07) is 1.56. The lowest BCUT2D eigenvalue weighted by atomic mass is 10.1. The minimum atomic E-state index is -1.45. The van der Waals surface area contributed by atoms with Gasteiger partial charge in [0.05, 0.1) is 6.04 Å². The lowest BCUT2D eigenvalue weighted by molar-refractivity contribution is 0.442. The van der Waals surface area contributed by atoms with Crippen molar-refractivity contribution in [2.24, 2.45) is 0 Å². The SMILES string of the molecule is CCNC(c1cc(F)c(F)c(F)c1)c1nccs1. The van der Waals surface area contributed by atoms with Gasteiger partial charge in [0.25, 0.3) is 0 Å². The Kier molecular flexibility index (Phi) is 3.98. The molecule has 0 aliphatic carbocycles. The van der Waals surface area contributed by atoms with Gasteiger partial charge in [-0.1, -0.05) is 6.92 Å². The van der Waals surface area contributed by atoms with E-state index in [0.717, 1.165) is 12.1 Å². The highest BCUT2D eigenvalue weighted by Gasteiger charge is 2.19. The molecule has 2 nitrogen and oxygen atoms in total. The lowest BCUT2D eigenvalue weighted by Gasteiger charge is -2.16. The highest BCUT2D eigenvalue weighted by molar-refractivity contribution is 7.09. The number of aromatic nitrogens is 1. The largest absolute Gasteiger partial charge is 0.305 e. The van der Waals surface area contributed by atoms with Crippen molar-refractivity contribution in [1.29, 1.82) is 0 Å². The van der Waals surface area contributed by atoms with Crippen LogP contribution in [-0.4, -0.2) is 11.5 Å². The van der Waals surface area contributed by atoms with E-state index in [0.29, 0.717) is 17.1 Å². The van der Waals surface area contributed by atoms with Crippen LogP contribution in [0, 0.1) is 17.5 Å². The molecule has 6 heteroatoms. The van der Waals surface area contributed by atoms with E-state index in [1.165, 1.54) is 11.3 Å². The van der Waals surface area contributed by atoms with Crippen LogP contribution >= 0.6 is 11.3 Å². The van der Waals surface area contributed by atoms with Crippen molar-refractivity contribution in [3.05, 3.63) is 51.7 Å². The molecule has 0 aliphatic rings. The molecule has 1 unspecified atom stereocenters. The van der Waals surface area contributed by atoms with Gasteiger partial charge in [0.1, 0.15) is 5.01 Å². The van der Waals surface area contributed by atoms with E-state index in [1.54, 1.807) is 11.6 Å². The van der Waals surface area contributed by atoms with Crippen molar-refractivity contribution in [2.75, 3.05) is 6.54 Å². The molecule has 0 amide bonds. The normalized spacial score (nSPS) is 12.7. The van der Waals surface area contributed by atoms with Gasteiger partial charge < -0.3 is 5.32 Å². The van der Waals surface area contributed by atoms with E-state index in [4.69, 9.17) is 0 Å². The average molecular weight is 272 g/mol. The predicted octanol–water partition coefficient (Wildman–Crippen LogP) is 3.26. The molecule has 2 rings (SSSR count). The molecule has 0 saturated carbocycles. The minimum absolute atomic E-state index is 0.322. The zero-order valence-corrected chi connectivity index (χ0v) is 10.4. The Balaban J connectivity index is 2.43. The number of hydrogen-bond acceptors (Lipinski definition) is 3. The molecular weight excluding hydrogens is 261 g/mol. The highest BCUT2D eigenvalue weighted by Crippen LogP contribution is 2.26. The van der Waals surface area contributed by atoms with Gasteiger partial charge in [0, 0.05) is 11.6 Å². The molecule has 1 atom stereocenters. The maximum Gasteiger partial charge on any atom is 0.194 e. The molecule has 96 valence electrons. The molecule has 0 aliphatic heterocycles. The summed E-state index contributed by atoms with van der Waals surface area (Å²) in [5.41, 5.74) is 0.322. The maximum absolute atomic E-state index is 13.2. The summed E-state index contributed by atoms with van der Waals surface area (Å²) in [5.74, 6) is -3.83. The van der Waals surface area contributed by atoms with Crippen molar-refractivity contribution in [1.82, 2.24) is 10.3 Å². The van der Waals surface area contributed by atoms with Gasteiger partial charge in [0.2, 0.25) is 0 Å². The second-order valence-electron chi connectivity index (χ2n) is 3.66. The van der Waals surface area contributed by atoms with Gasteiger partial charge in [-0.25, -0.2) is 18.2 Å². The van der Waals surface area contributed by atoms with Crippen LogP contribution in [0.2, 0.25) is 0 Å². The molecule has 1 heterocycles. The summed E-state index contributed by atoms with van der Waals surface area (Å²) in [7, 11) is 0. The van der Waals surface area contributed by atoms with Crippen LogP contribution < -0.4 is 5.32 Å². The predicted molar refractivity (Wildman–Crippen MR) is 63.9 cm³/mol. The fourth-order valence-electron chi connectivity index (χ4n) is 1.67. The monoisotopic (exact) mass is 272 g/mol. The van der Waals surface area contributed by atoms with E-state index in [-0.39, 0.29) is 0 Å². The number of halogens is 3. The number of thiazole rings is 1. The van der Waals surface area contributed by atoms with E-state index >= 15 is 0 Å². The molecule has 0 saturated heterocycles. The molecule has 0 bridgehead atoms. The molecule has 0 fully saturated rings. The Morgan fingerprint density at radius 2 is 1.94 bits per heavy atom. The Labute approximate surface area is 106 Å². The molecule has 0 spiro atoms. The third-order valence-electron chi connectivity index (χ3n) is 2.45. The van der Waals surface area contributed by atoms with Crippen LogP contribution in [0.25, 0.3) is 0 Å². The number of benzene rings is 1. The summed E-state index contributed by atoms with van der Waals surface area (Å²) in [6.07, 6.45) is 1.61. The van der Waals surface area contributed by atoms with Gasteiger partial charge in [-0.15, -0.1) is 11.3 Å². The van der Waals surface area contributed by atoms with E-state index < -0.39 is 23.5 Å². The van der Waals surface area contributed by atoms with Gasteiger partial charge in [0.15, 0.2) is 17.5 Å². The summed E-state index contributed by atoms with van der Waals surface area (Å²) >= 11 is 1.37. The number of hydrogen-bond donors (Lipinski definition) is 1. The van der Waals surface area contributed by atoms with Crippen molar-refractivity contribution < 1.29 is 13.2 Å². The fraction of sp³-hybridized carbons (Fsp3) is 0.250. The summed E-state index contributed by atoms with van der Waals surface area (Å²) in [5, 5.41) is 5.52. The summed E-state index contributed by atoms with van der Waals surface area (Å²) < 4.78 is 39.4. The Hall–Kier alpha value is -1.40. The smallest absolute Gasteiger partial charge is 0.194 e. The van der Waals surface area contributed by atoms with Crippen molar-refractivity contribution in [3.63, 3.8) is 0 Å². The molecule has 18 heavy (non-hydrogen) atoms. The van der Waals surface area contributed by atoms with Crippen LogP contribution in [0.15, 0.2) is 23.7 Å². The van der Waals surface area contributed by atoms with Crippen molar-refractivity contribution >= 4 is 11.3 Å². The molecular formula is C12H11F3N2S. The topological polar surface area (TPSA) is 24.9 Å². The Morgan fingerprint density at radius 3 is 2.44 bits per heavy atom. The molecule has 1 N–H and O–H groups in total. The summed E-state index contributed by atoms with van der Waals surface area (Å²) in [6.45, 7) is 2.47. The van der Waals surface area contributed by atoms with E-state index in [1.807, 2.05) is 6.92 Å². The van der Waals surface area contributed by atoms with Crippen LogP contribution in [-0.2, 0) is 0 Å². The third kappa shape index (κ3) is 2.54. The first kappa shape index (κ1) is 13.0. The Bertz CT molecular complexity index is 505. The van der Waals surface area contributed by atoms with Crippen molar-refractivity contribution in [2.45, 2.75) is 13.0 Å². The molecule has 2 aromatic rings. The zero-order chi connectivity index (χ0) is 13.1. The van der Waals surface area contributed by atoms with Crippen LogP contribution in [0.1, 0.15) is 23.5 Å². The number of rotatable bonds is 4. The van der Waals surface area contributed by atoms with Gasteiger partial charge in [-0.3, -0.25) is 0 Å². The van der Waals surface area contributed by atoms with Crippen LogP contribution in [0.5, 0.6) is 0 Å². The standard InChI is InChI=1S/C12H11F3N2S/c1-2-16-11(12-17-3-4-18-12)7-5-8(13)10(15)9(14)6-7/h3-6,11,16H,2H2,1H3. The number of nitrogens with one attached hydrogen (secondary N) is 1. The minimum Gasteiger partial charge on any atom is -0.305 e. The highest BCUT2D eigenvalue weighted by atomic mass is 32.1. The second kappa shape index (κ2) is 5.49. The first-order chi connectivity index (χ1) is 8.63. The quantitative estimate of drug-likeness (QED) is 0.864. The first-order valence-corrected chi connectivity index (χ1v) is 6.28. The second-order valence-corrected chi connectivity index (χ2v) is 4.59. The van der Waals surface area contributed by atoms with Gasteiger partial charge in [-0.05, 0) is 24.2 Å². The van der Waals surface area contributed by atoms with E-state index in [9.17, 15) is 13.2 Å². The van der Waals surface area contributed by atoms with Crippen molar-refractivity contribution in [3.8, 4) is 0 Å². The molecule has 1 aromatic carbocycles. The Morgan fingerprint density at radius 1 is 1.28 bits per heavy atom. The molecule has 1 aromatic heterocycles. The fourth-order valence-corrected chi connectivity index (χ4v) is 2.41. The van der Waals surface area contributed by atoms with E-state index in [2.05, 4.69) is 10.3 Å². The lowest BCUT2D eigenvalue weighted by Crippen LogP contribution is -2.22. The summed E-state index contributed by atoms with van der Waals surface area (Å²) in [4.78, 5) is 4.11. The van der Waals surface area contributed by atoms with Gasteiger partial charge in [-0.2, -0.15) is 0 Å². The van der Waals surface area contributed by atoms with Crippen LogP contribution in [0.3, 0.4) is 0 Å². The zero-order valence-electron chi connectivity index (χ0n) is 9.58. The average Bonchev–Trinajstić information content (AvgIpc) is 2.86.